The molecule has 0 aliphatic carbocycles. The Balaban J connectivity index is 2.19. The third kappa shape index (κ3) is 3.58. The average molecular weight is 352 g/mol. The number of rotatable bonds is 3. The van der Waals surface area contributed by atoms with Crippen molar-refractivity contribution in [2.24, 2.45) is 17.3 Å². The summed E-state index contributed by atoms with van der Waals surface area (Å²) in [7, 11) is 3.33. The van der Waals surface area contributed by atoms with Gasteiger partial charge >= 0.3 is 0 Å². The van der Waals surface area contributed by atoms with E-state index in [9.17, 15) is 14.4 Å². The number of aryl methyl sites for hydroxylation is 1. The van der Waals surface area contributed by atoms with E-state index in [2.05, 4.69) is 15.6 Å². The lowest BCUT2D eigenvalue weighted by molar-refractivity contribution is -0.132. The molecule has 2 N–H and O–H groups in total. The maximum absolute atomic E-state index is 12.6. The third-order valence-electron chi connectivity index (χ3n) is 4.20. The molecule has 132 valence electrons. The van der Waals surface area contributed by atoms with Crippen molar-refractivity contribution in [3.05, 3.63) is 10.6 Å². The van der Waals surface area contributed by atoms with Gasteiger partial charge in [-0.3, -0.25) is 14.4 Å². The summed E-state index contributed by atoms with van der Waals surface area (Å²) in [5.74, 6) is -1.62. The van der Waals surface area contributed by atoms with Gasteiger partial charge < -0.3 is 15.5 Å². The van der Waals surface area contributed by atoms with Crippen LogP contribution in [0.2, 0.25) is 0 Å². The second-order valence-corrected chi connectivity index (χ2v) is 8.32. The van der Waals surface area contributed by atoms with E-state index in [1.807, 2.05) is 20.8 Å². The Hall–Kier alpha value is -1.96. The fourth-order valence-electron chi connectivity index (χ4n) is 2.76. The Labute approximate surface area is 145 Å². The van der Waals surface area contributed by atoms with Crippen molar-refractivity contribution in [3.63, 3.8) is 0 Å². The molecule has 0 unspecified atom stereocenters. The maximum atomic E-state index is 12.6. The van der Waals surface area contributed by atoms with Crippen molar-refractivity contribution in [1.82, 2.24) is 15.2 Å². The molecule has 2 atom stereocenters. The summed E-state index contributed by atoms with van der Waals surface area (Å²) in [6.07, 6.45) is 0. The van der Waals surface area contributed by atoms with Gasteiger partial charge in [0, 0.05) is 26.6 Å². The molecule has 2 rings (SSSR count). The van der Waals surface area contributed by atoms with Crippen molar-refractivity contribution in [3.8, 4) is 0 Å². The number of carbonyl (C=O) groups is 3. The molecule has 0 aromatic carbocycles. The number of nitrogens with zero attached hydrogens (tertiary/aromatic N) is 2. The van der Waals surface area contributed by atoms with Crippen molar-refractivity contribution in [2.45, 2.75) is 27.7 Å². The van der Waals surface area contributed by atoms with Gasteiger partial charge in [0.05, 0.1) is 5.69 Å². The van der Waals surface area contributed by atoms with Gasteiger partial charge in [-0.25, -0.2) is 4.98 Å². The van der Waals surface area contributed by atoms with Gasteiger partial charge in [-0.2, -0.15) is 0 Å². The van der Waals surface area contributed by atoms with Gasteiger partial charge in [-0.1, -0.05) is 32.1 Å². The molecule has 7 nitrogen and oxygen atoms in total. The Kier molecular flexibility index (Phi) is 4.98. The van der Waals surface area contributed by atoms with Gasteiger partial charge in [-0.15, -0.1) is 0 Å². The first kappa shape index (κ1) is 18.4. The predicted molar refractivity (Wildman–Crippen MR) is 92.9 cm³/mol. The summed E-state index contributed by atoms with van der Waals surface area (Å²) in [6.45, 7) is 8.25. The summed E-state index contributed by atoms with van der Waals surface area (Å²) in [4.78, 5) is 43.0. The molecule has 0 saturated carbocycles. The molecule has 2 heterocycles. The van der Waals surface area contributed by atoms with E-state index in [4.69, 9.17) is 0 Å². The standard InChI is InChI=1S/C16H24N4O3S/c1-8-11(14(23)20(5)6)24-15(18-8)19-13(22)10-9(16(2,3)4)7-17-12(10)21/h9-10H,7H2,1-6H3,(H,17,21)(H,18,19,22)/t9-,10-/m1/s1. The summed E-state index contributed by atoms with van der Waals surface area (Å²) in [5.41, 5.74) is 0.392. The van der Waals surface area contributed by atoms with Gasteiger partial charge in [0.25, 0.3) is 5.91 Å². The normalized spacial score (nSPS) is 20.7. The van der Waals surface area contributed by atoms with Crippen molar-refractivity contribution >= 4 is 34.2 Å². The Morgan fingerprint density at radius 2 is 1.96 bits per heavy atom. The molecule has 3 amide bonds. The van der Waals surface area contributed by atoms with Crippen LogP contribution in [-0.2, 0) is 9.59 Å². The molecule has 0 spiro atoms. The number of anilines is 1. The van der Waals surface area contributed by atoms with E-state index in [-0.39, 0.29) is 29.1 Å². The fourth-order valence-corrected chi connectivity index (χ4v) is 3.75. The van der Waals surface area contributed by atoms with Crippen LogP contribution in [0.15, 0.2) is 0 Å². The minimum atomic E-state index is -0.748. The summed E-state index contributed by atoms with van der Waals surface area (Å²) >= 11 is 1.13. The van der Waals surface area contributed by atoms with E-state index < -0.39 is 5.92 Å². The summed E-state index contributed by atoms with van der Waals surface area (Å²) in [6, 6.07) is 0. The number of thiazole rings is 1. The number of hydrogen-bond donors (Lipinski definition) is 2. The lowest BCUT2D eigenvalue weighted by atomic mass is 9.74. The Bertz CT molecular complexity index is 675. The Morgan fingerprint density at radius 1 is 1.33 bits per heavy atom. The number of aromatic nitrogens is 1. The van der Waals surface area contributed by atoms with Crippen LogP contribution in [0.25, 0.3) is 0 Å². The first-order chi connectivity index (χ1) is 11.0. The van der Waals surface area contributed by atoms with Crippen LogP contribution < -0.4 is 10.6 Å². The quantitative estimate of drug-likeness (QED) is 0.807. The third-order valence-corrected chi connectivity index (χ3v) is 5.26. The second-order valence-electron chi connectivity index (χ2n) is 7.32. The molecule has 0 radical (unpaired) electrons. The number of hydrogen-bond acceptors (Lipinski definition) is 5. The van der Waals surface area contributed by atoms with Gasteiger partial charge in [0.2, 0.25) is 11.8 Å². The van der Waals surface area contributed by atoms with E-state index in [0.29, 0.717) is 22.2 Å². The fraction of sp³-hybridized carbons (Fsp3) is 0.625. The van der Waals surface area contributed by atoms with Crippen molar-refractivity contribution < 1.29 is 14.4 Å². The van der Waals surface area contributed by atoms with Gasteiger partial charge in [0.1, 0.15) is 10.8 Å². The minimum absolute atomic E-state index is 0.0889. The van der Waals surface area contributed by atoms with E-state index >= 15 is 0 Å². The zero-order valence-electron chi connectivity index (χ0n) is 14.9. The average Bonchev–Trinajstić information content (AvgIpc) is 3.00. The highest BCUT2D eigenvalue weighted by Crippen LogP contribution is 2.36. The molecular formula is C16H24N4O3S. The Morgan fingerprint density at radius 3 is 2.50 bits per heavy atom. The van der Waals surface area contributed by atoms with E-state index in [1.54, 1.807) is 21.0 Å². The molecule has 24 heavy (non-hydrogen) atoms. The SMILES string of the molecule is Cc1nc(NC(=O)[C@H]2C(=O)NC[C@H]2C(C)(C)C)sc1C(=O)N(C)C. The lowest BCUT2D eigenvalue weighted by Crippen LogP contribution is -2.37. The van der Waals surface area contributed by atoms with Crippen LogP contribution in [0.1, 0.15) is 36.1 Å². The van der Waals surface area contributed by atoms with Crippen LogP contribution in [0.4, 0.5) is 5.13 Å². The number of nitrogens with one attached hydrogen (secondary N) is 2. The first-order valence-electron chi connectivity index (χ1n) is 7.80. The van der Waals surface area contributed by atoms with Crippen LogP contribution in [0, 0.1) is 24.2 Å². The largest absolute Gasteiger partial charge is 0.355 e. The molecule has 1 aliphatic heterocycles. The van der Waals surface area contributed by atoms with Gasteiger partial charge in [0.15, 0.2) is 5.13 Å². The number of amides is 3. The van der Waals surface area contributed by atoms with Crippen LogP contribution in [0.5, 0.6) is 0 Å². The predicted octanol–water partition coefficient (Wildman–Crippen LogP) is 1.50. The smallest absolute Gasteiger partial charge is 0.265 e. The summed E-state index contributed by atoms with van der Waals surface area (Å²) < 4.78 is 0. The molecule has 0 bridgehead atoms. The second kappa shape index (κ2) is 6.51. The van der Waals surface area contributed by atoms with Crippen LogP contribution >= 0.6 is 11.3 Å². The van der Waals surface area contributed by atoms with Crippen LogP contribution in [0.3, 0.4) is 0 Å². The highest BCUT2D eigenvalue weighted by Gasteiger charge is 2.45. The minimum Gasteiger partial charge on any atom is -0.355 e. The lowest BCUT2D eigenvalue weighted by Gasteiger charge is -2.29. The highest BCUT2D eigenvalue weighted by atomic mass is 32.1. The van der Waals surface area contributed by atoms with Gasteiger partial charge in [-0.05, 0) is 12.3 Å². The zero-order valence-corrected chi connectivity index (χ0v) is 15.7. The zero-order chi connectivity index (χ0) is 18.2. The summed E-state index contributed by atoms with van der Waals surface area (Å²) in [5, 5.41) is 5.82. The molecule has 8 heteroatoms. The first-order valence-corrected chi connectivity index (χ1v) is 8.61. The maximum Gasteiger partial charge on any atom is 0.265 e. The molecule has 1 aromatic heterocycles. The monoisotopic (exact) mass is 352 g/mol. The van der Waals surface area contributed by atoms with E-state index in [1.165, 1.54) is 4.90 Å². The molecule has 1 fully saturated rings. The van der Waals surface area contributed by atoms with E-state index in [0.717, 1.165) is 11.3 Å². The molecule has 1 aliphatic rings. The highest BCUT2D eigenvalue weighted by molar-refractivity contribution is 7.17. The molecule has 1 aromatic rings. The molecular weight excluding hydrogens is 328 g/mol. The van der Waals surface area contributed by atoms with Crippen molar-refractivity contribution in [2.75, 3.05) is 26.0 Å². The van der Waals surface area contributed by atoms with Crippen molar-refractivity contribution in [1.29, 1.82) is 0 Å². The number of carbonyl (C=O) groups excluding carboxylic acids is 3. The van der Waals surface area contributed by atoms with Crippen LogP contribution in [-0.4, -0.2) is 48.2 Å². The topological polar surface area (TPSA) is 91.4 Å². The molecule has 1 saturated heterocycles.